The Balaban J connectivity index is 1.39. The Labute approximate surface area is 262 Å². The molecular formula is C32H21BrClFN4O5. The number of benzene rings is 4. The van der Waals surface area contributed by atoms with Gasteiger partial charge in [0, 0.05) is 16.3 Å². The fourth-order valence-corrected chi connectivity index (χ4v) is 5.48. The van der Waals surface area contributed by atoms with Gasteiger partial charge >= 0.3 is 0 Å². The molecule has 44 heavy (non-hydrogen) atoms. The van der Waals surface area contributed by atoms with E-state index in [0.29, 0.717) is 54.1 Å². The van der Waals surface area contributed by atoms with E-state index in [1.807, 2.05) is 0 Å². The van der Waals surface area contributed by atoms with Gasteiger partial charge in [-0.05, 0) is 82.7 Å². The number of fused-ring (bicyclic) bond motifs is 2. The molecule has 4 aromatic carbocycles. The smallest absolute Gasteiger partial charge is 0.282 e. The third-order valence-corrected chi connectivity index (χ3v) is 7.35. The number of aromatic nitrogens is 2. The molecule has 0 radical (unpaired) electrons. The van der Waals surface area contributed by atoms with E-state index in [1.165, 1.54) is 30.5 Å². The number of hydrogen-bond donors (Lipinski definition) is 1. The van der Waals surface area contributed by atoms with E-state index in [1.54, 1.807) is 67.8 Å². The first kappa shape index (κ1) is 29.1. The monoisotopic (exact) mass is 674 g/mol. The van der Waals surface area contributed by atoms with Crippen molar-refractivity contribution in [3.8, 4) is 23.1 Å². The van der Waals surface area contributed by atoms with Gasteiger partial charge in [-0.15, -0.1) is 0 Å². The second-order valence-corrected chi connectivity index (χ2v) is 10.7. The van der Waals surface area contributed by atoms with Crippen molar-refractivity contribution in [2.24, 2.45) is 5.10 Å². The van der Waals surface area contributed by atoms with Crippen molar-refractivity contribution in [3.63, 3.8) is 0 Å². The summed E-state index contributed by atoms with van der Waals surface area (Å²) in [7, 11) is 1.56. The van der Waals surface area contributed by atoms with Crippen LogP contribution in [0.4, 0.5) is 10.1 Å². The number of para-hydroxylation sites is 1. The first-order valence-electron chi connectivity index (χ1n) is 13.1. The maximum atomic E-state index is 13.7. The van der Waals surface area contributed by atoms with Crippen LogP contribution in [-0.4, -0.2) is 35.5 Å². The van der Waals surface area contributed by atoms with Crippen LogP contribution in [0.5, 0.6) is 11.5 Å². The minimum Gasteiger partial charge on any atom is -0.496 e. The number of methoxy groups -OCH3 is 1. The number of furan rings is 1. The number of nitrogens with one attached hydrogen (secondary N) is 1. The van der Waals surface area contributed by atoms with Crippen LogP contribution in [0.15, 0.2) is 104 Å². The number of ether oxygens (including phenoxy) is 2. The molecule has 0 spiro atoms. The molecule has 0 saturated heterocycles. The van der Waals surface area contributed by atoms with Gasteiger partial charge in [0.05, 0.1) is 34.1 Å². The number of rotatable bonds is 8. The molecule has 2 heterocycles. The zero-order valence-corrected chi connectivity index (χ0v) is 25.2. The molecule has 0 fully saturated rings. The number of carbonyl (C=O) groups excluding carboxylic acids is 1. The van der Waals surface area contributed by atoms with Gasteiger partial charge in [-0.2, -0.15) is 9.78 Å². The Morgan fingerprint density at radius 1 is 1.09 bits per heavy atom. The maximum absolute atomic E-state index is 13.7. The number of carbonyl (C=O) groups is 1. The molecule has 0 saturated carbocycles. The summed E-state index contributed by atoms with van der Waals surface area (Å²) in [5.41, 5.74) is 1.36. The zero-order valence-electron chi connectivity index (χ0n) is 22.9. The van der Waals surface area contributed by atoms with Crippen LogP contribution in [0.1, 0.15) is 5.56 Å². The first-order valence-corrected chi connectivity index (χ1v) is 14.3. The number of halogens is 3. The first-order chi connectivity index (χ1) is 21.3. The van der Waals surface area contributed by atoms with Crippen molar-refractivity contribution >= 4 is 67.2 Å². The largest absolute Gasteiger partial charge is 0.496 e. The minimum atomic E-state index is -0.473. The fourth-order valence-electron chi connectivity index (χ4n) is 4.53. The quantitative estimate of drug-likeness (QED) is 0.170. The third-order valence-electron chi connectivity index (χ3n) is 6.54. The highest BCUT2D eigenvalue weighted by Crippen LogP contribution is 2.34. The summed E-state index contributed by atoms with van der Waals surface area (Å²) in [6.45, 7) is -0.373. The SMILES string of the molecule is COc1cccc2oc(-c3nc4ccccc4c(=O)n3N=Cc3cc(Cl)cc(Br)c3OCC(=O)Nc3ccc(F)cc3)cc12. The molecule has 1 amide bonds. The van der Waals surface area contributed by atoms with E-state index < -0.39 is 17.3 Å². The lowest BCUT2D eigenvalue weighted by molar-refractivity contribution is -0.118. The second kappa shape index (κ2) is 12.3. The minimum absolute atomic E-state index is 0.158. The van der Waals surface area contributed by atoms with Crippen molar-refractivity contribution in [3.05, 3.63) is 116 Å². The average Bonchev–Trinajstić information content (AvgIpc) is 3.46. The third kappa shape index (κ3) is 5.92. The van der Waals surface area contributed by atoms with Gasteiger partial charge < -0.3 is 19.2 Å². The van der Waals surface area contributed by atoms with E-state index in [2.05, 4.69) is 26.3 Å². The molecular weight excluding hydrogens is 655 g/mol. The Kier molecular flexibility index (Phi) is 8.14. The van der Waals surface area contributed by atoms with Gasteiger partial charge in [-0.25, -0.2) is 9.37 Å². The molecule has 1 N–H and O–H groups in total. The Morgan fingerprint density at radius 2 is 1.89 bits per heavy atom. The molecule has 0 bridgehead atoms. The second-order valence-electron chi connectivity index (χ2n) is 9.45. The van der Waals surface area contributed by atoms with Gasteiger partial charge in [0.1, 0.15) is 22.9 Å². The van der Waals surface area contributed by atoms with Crippen LogP contribution in [0.3, 0.4) is 0 Å². The Morgan fingerprint density at radius 3 is 2.68 bits per heavy atom. The Bertz CT molecular complexity index is 2130. The molecule has 2 aromatic heterocycles. The summed E-state index contributed by atoms with van der Waals surface area (Å²) in [5.74, 6) is 0.418. The van der Waals surface area contributed by atoms with Crippen molar-refractivity contribution in [1.29, 1.82) is 0 Å². The lowest BCUT2D eigenvalue weighted by atomic mass is 10.2. The van der Waals surface area contributed by atoms with Crippen LogP contribution < -0.4 is 20.3 Å². The number of nitrogens with zero attached hydrogens (tertiary/aromatic N) is 3. The van der Waals surface area contributed by atoms with E-state index in [0.717, 1.165) is 4.68 Å². The van der Waals surface area contributed by atoms with E-state index in [-0.39, 0.29) is 18.2 Å². The maximum Gasteiger partial charge on any atom is 0.282 e. The van der Waals surface area contributed by atoms with E-state index >= 15 is 0 Å². The molecule has 0 aliphatic heterocycles. The van der Waals surface area contributed by atoms with Crippen LogP contribution >= 0.6 is 27.5 Å². The van der Waals surface area contributed by atoms with Gasteiger partial charge in [-0.1, -0.05) is 29.8 Å². The predicted octanol–water partition coefficient (Wildman–Crippen LogP) is 7.27. The molecule has 0 aliphatic carbocycles. The van der Waals surface area contributed by atoms with Crippen LogP contribution in [0.2, 0.25) is 5.02 Å². The van der Waals surface area contributed by atoms with E-state index in [4.69, 9.17) is 30.5 Å². The summed E-state index contributed by atoms with van der Waals surface area (Å²) in [6.07, 6.45) is 1.38. The molecule has 6 aromatic rings. The van der Waals surface area contributed by atoms with Gasteiger partial charge in [0.2, 0.25) is 5.82 Å². The molecule has 9 nitrogen and oxygen atoms in total. The van der Waals surface area contributed by atoms with Gasteiger partial charge in [0.25, 0.3) is 11.5 Å². The summed E-state index contributed by atoms with van der Waals surface area (Å²) < 4.78 is 32.2. The highest BCUT2D eigenvalue weighted by Gasteiger charge is 2.19. The van der Waals surface area contributed by atoms with Crippen molar-refractivity contribution in [1.82, 2.24) is 9.66 Å². The highest BCUT2D eigenvalue weighted by molar-refractivity contribution is 9.10. The number of amides is 1. The van der Waals surface area contributed by atoms with Crippen LogP contribution in [0.25, 0.3) is 33.5 Å². The van der Waals surface area contributed by atoms with Crippen LogP contribution in [0, 0.1) is 5.82 Å². The predicted molar refractivity (Wildman–Crippen MR) is 170 cm³/mol. The summed E-state index contributed by atoms with van der Waals surface area (Å²) in [5, 5.41) is 8.54. The zero-order chi connectivity index (χ0) is 30.8. The molecule has 12 heteroatoms. The topological polar surface area (TPSA) is 108 Å². The molecule has 0 unspecified atom stereocenters. The standard InChI is InChI=1S/C32H21BrClFN4O5/c1-42-26-7-4-8-27-23(26)15-28(44-27)31-38-25-6-3-2-5-22(25)32(41)39(31)36-16-18-13-19(34)14-24(33)30(18)43-17-29(40)37-21-11-9-20(35)10-12-21/h2-16H,17H2,1H3,(H,37,40). The summed E-state index contributed by atoms with van der Waals surface area (Å²) in [6, 6.07) is 22.6. The van der Waals surface area contributed by atoms with Crippen molar-refractivity contribution in [2.45, 2.75) is 0 Å². The molecule has 0 aliphatic rings. The van der Waals surface area contributed by atoms with Crippen molar-refractivity contribution in [2.75, 3.05) is 19.0 Å². The molecule has 220 valence electrons. The van der Waals surface area contributed by atoms with Crippen molar-refractivity contribution < 1.29 is 23.1 Å². The fraction of sp³-hybridized carbons (Fsp3) is 0.0625. The Hall–Kier alpha value is -5.00. The molecule has 6 rings (SSSR count). The summed E-state index contributed by atoms with van der Waals surface area (Å²) >= 11 is 9.76. The van der Waals surface area contributed by atoms with Crippen LogP contribution in [-0.2, 0) is 4.79 Å². The highest BCUT2D eigenvalue weighted by atomic mass is 79.9. The number of anilines is 1. The van der Waals surface area contributed by atoms with Gasteiger partial charge in [-0.3, -0.25) is 9.59 Å². The van der Waals surface area contributed by atoms with Gasteiger partial charge in [0.15, 0.2) is 12.4 Å². The lowest BCUT2D eigenvalue weighted by Crippen LogP contribution is -2.21. The molecule has 0 atom stereocenters. The van der Waals surface area contributed by atoms with E-state index in [9.17, 15) is 14.0 Å². The normalized spacial score (nSPS) is 11.4. The summed E-state index contributed by atoms with van der Waals surface area (Å²) in [4.78, 5) is 31.0. The number of hydrogen-bond acceptors (Lipinski definition) is 7. The lowest BCUT2D eigenvalue weighted by Gasteiger charge is -2.12. The average molecular weight is 676 g/mol.